The number of nitrogens with zero attached hydrogens (tertiary/aromatic N) is 2. The summed E-state index contributed by atoms with van der Waals surface area (Å²) in [6, 6.07) is 7.70. The first-order valence-electron chi connectivity index (χ1n) is 12.3. The first-order valence-corrected chi connectivity index (χ1v) is 13.9. The molecule has 5 rings (SSSR count). The highest BCUT2D eigenvalue weighted by atomic mass is 32.2. The number of nitrogens with one attached hydrogen (secondary N) is 2. The number of ketones is 1. The fourth-order valence-electron chi connectivity index (χ4n) is 4.17. The Bertz CT molecular complexity index is 1970. The van der Waals surface area contributed by atoms with Crippen LogP contribution in [0, 0.1) is 29.1 Å². The zero-order chi connectivity index (χ0) is 31.1. The number of ether oxygens (including phenoxy) is 1. The molecule has 0 saturated heterocycles. The molecule has 0 aliphatic heterocycles. The lowest BCUT2D eigenvalue weighted by molar-refractivity contribution is 0.103. The minimum atomic E-state index is -4.04. The zero-order valence-electron chi connectivity index (χ0n) is 21.6. The molecule has 43 heavy (non-hydrogen) atoms. The van der Waals surface area contributed by atoms with Gasteiger partial charge < -0.3 is 15.5 Å². The number of carbonyl (C=O) groups excluding carboxylic acids is 1. The SMILES string of the molecule is Nc1c(C(=O)c2cc3cc(F)c(NS(=O)(=O)CCCF)cc3[nH]2)cnn1-c1c(F)cc(Oc2cccc(F)c2F)cc1F. The predicted molar refractivity (Wildman–Crippen MR) is 144 cm³/mol. The maximum absolute atomic E-state index is 15.0. The Morgan fingerprint density at radius 2 is 1.72 bits per heavy atom. The quantitative estimate of drug-likeness (QED) is 0.134. The van der Waals surface area contributed by atoms with E-state index in [0.29, 0.717) is 16.8 Å². The van der Waals surface area contributed by atoms with Gasteiger partial charge in [0, 0.05) is 23.0 Å². The van der Waals surface area contributed by atoms with Crippen LogP contribution in [0.4, 0.5) is 37.8 Å². The van der Waals surface area contributed by atoms with E-state index >= 15 is 0 Å². The number of nitrogen functional groups attached to an aromatic ring is 1. The van der Waals surface area contributed by atoms with E-state index in [0.717, 1.165) is 36.5 Å². The Morgan fingerprint density at radius 1 is 1.00 bits per heavy atom. The van der Waals surface area contributed by atoms with E-state index in [1.807, 2.05) is 4.72 Å². The summed E-state index contributed by atoms with van der Waals surface area (Å²) in [7, 11) is -4.04. The number of rotatable bonds is 10. The van der Waals surface area contributed by atoms with Crippen LogP contribution in [0.5, 0.6) is 11.5 Å². The minimum Gasteiger partial charge on any atom is -0.454 e. The number of halogens is 6. The molecule has 0 saturated carbocycles. The molecule has 0 aliphatic carbocycles. The van der Waals surface area contributed by atoms with Crippen LogP contribution >= 0.6 is 0 Å². The Hall–Kier alpha value is -4.99. The topological polar surface area (TPSA) is 132 Å². The van der Waals surface area contributed by atoms with Crippen LogP contribution in [0.15, 0.2) is 54.7 Å². The minimum absolute atomic E-state index is 0.139. The molecule has 224 valence electrons. The molecule has 2 heterocycles. The largest absolute Gasteiger partial charge is 0.454 e. The van der Waals surface area contributed by atoms with Crippen molar-refractivity contribution >= 4 is 38.2 Å². The molecule has 5 aromatic rings. The summed E-state index contributed by atoms with van der Waals surface area (Å²) in [6.45, 7) is -0.874. The number of hydrogen-bond acceptors (Lipinski definition) is 6. The Kier molecular flexibility index (Phi) is 7.79. The standard InChI is InChI=1S/C27H19F6N5O4S/c28-5-2-6-43(40,41)37-21-11-20-13(7-17(21)30)8-22(36-20)26(39)15-12-35-38(27(15)34)25-18(31)9-14(10-19(25)32)42-23-4-1-3-16(29)24(23)33/h1,3-4,7-12,36-37H,2,5-6,34H2. The number of aromatic nitrogens is 3. The van der Waals surface area contributed by atoms with E-state index in [2.05, 4.69) is 10.1 Å². The lowest BCUT2D eigenvalue weighted by Gasteiger charge is -2.11. The van der Waals surface area contributed by atoms with Crippen molar-refractivity contribution < 1.29 is 44.3 Å². The van der Waals surface area contributed by atoms with E-state index in [9.17, 15) is 39.6 Å². The molecule has 9 nitrogen and oxygen atoms in total. The third-order valence-electron chi connectivity index (χ3n) is 6.16. The van der Waals surface area contributed by atoms with Gasteiger partial charge in [-0.25, -0.2) is 30.7 Å². The summed E-state index contributed by atoms with van der Waals surface area (Å²) in [6.07, 6.45) is 0.662. The van der Waals surface area contributed by atoms with Gasteiger partial charge >= 0.3 is 0 Å². The molecule has 0 radical (unpaired) electrons. The zero-order valence-corrected chi connectivity index (χ0v) is 22.4. The third kappa shape index (κ3) is 5.86. The highest BCUT2D eigenvalue weighted by Gasteiger charge is 2.24. The van der Waals surface area contributed by atoms with Crippen LogP contribution in [-0.4, -0.2) is 41.4 Å². The molecule has 0 atom stereocenters. The average Bonchev–Trinajstić information content (AvgIpc) is 3.52. The van der Waals surface area contributed by atoms with Crippen molar-refractivity contribution in [3.63, 3.8) is 0 Å². The van der Waals surface area contributed by atoms with E-state index in [1.54, 1.807) is 0 Å². The fraction of sp³-hybridized carbons (Fsp3) is 0.111. The molecule has 2 aromatic heterocycles. The van der Waals surface area contributed by atoms with Gasteiger partial charge in [-0.3, -0.25) is 13.9 Å². The normalized spacial score (nSPS) is 11.7. The Labute approximate surface area is 238 Å². The van der Waals surface area contributed by atoms with Crippen molar-refractivity contribution in [2.45, 2.75) is 6.42 Å². The van der Waals surface area contributed by atoms with Gasteiger partial charge in [-0.2, -0.15) is 9.49 Å². The van der Waals surface area contributed by atoms with Gasteiger partial charge in [0.15, 0.2) is 23.2 Å². The van der Waals surface area contributed by atoms with Gasteiger partial charge in [-0.15, -0.1) is 0 Å². The van der Waals surface area contributed by atoms with E-state index in [-0.39, 0.29) is 28.6 Å². The fourth-order valence-corrected chi connectivity index (χ4v) is 5.25. The number of sulfonamides is 1. The van der Waals surface area contributed by atoms with E-state index in [4.69, 9.17) is 10.5 Å². The van der Waals surface area contributed by atoms with Crippen LogP contribution in [0.25, 0.3) is 16.6 Å². The summed E-state index contributed by atoms with van der Waals surface area (Å²) in [5, 5.41) is 3.99. The first-order chi connectivity index (χ1) is 20.4. The molecular weight excluding hydrogens is 604 g/mol. The second-order valence-corrected chi connectivity index (χ2v) is 11.0. The number of aromatic amines is 1. The number of anilines is 2. The van der Waals surface area contributed by atoms with Crippen molar-refractivity contribution in [1.82, 2.24) is 14.8 Å². The van der Waals surface area contributed by atoms with Gasteiger partial charge in [0.05, 0.1) is 35.6 Å². The number of fused-ring (bicyclic) bond motifs is 1. The monoisotopic (exact) mass is 623 g/mol. The van der Waals surface area contributed by atoms with Gasteiger partial charge in [0.2, 0.25) is 21.6 Å². The van der Waals surface area contributed by atoms with E-state index in [1.165, 1.54) is 6.07 Å². The average molecular weight is 624 g/mol. The van der Waals surface area contributed by atoms with Crippen molar-refractivity contribution in [3.8, 4) is 17.2 Å². The third-order valence-corrected chi connectivity index (χ3v) is 7.52. The number of hydrogen-bond donors (Lipinski definition) is 3. The second kappa shape index (κ2) is 11.4. The summed E-state index contributed by atoms with van der Waals surface area (Å²) < 4.78 is 116. The molecule has 0 bridgehead atoms. The summed E-state index contributed by atoms with van der Waals surface area (Å²) in [4.78, 5) is 15.9. The van der Waals surface area contributed by atoms with Crippen LogP contribution in [-0.2, 0) is 10.0 Å². The molecule has 3 aromatic carbocycles. The van der Waals surface area contributed by atoms with Crippen LogP contribution in [0.2, 0.25) is 0 Å². The highest BCUT2D eigenvalue weighted by Crippen LogP contribution is 2.32. The predicted octanol–water partition coefficient (Wildman–Crippen LogP) is 5.76. The number of nitrogens with two attached hydrogens (primary N) is 1. The summed E-state index contributed by atoms with van der Waals surface area (Å²) in [5.41, 5.74) is 4.50. The molecular formula is C27H19F6N5O4S. The van der Waals surface area contributed by atoms with Gasteiger partial charge in [0.1, 0.15) is 23.1 Å². The van der Waals surface area contributed by atoms with Crippen molar-refractivity contribution in [2.75, 3.05) is 22.9 Å². The molecule has 0 aliphatic rings. The molecule has 0 unspecified atom stereocenters. The second-order valence-electron chi connectivity index (χ2n) is 9.14. The van der Waals surface area contributed by atoms with Gasteiger partial charge in [0.25, 0.3) is 0 Å². The first kappa shape index (κ1) is 29.5. The highest BCUT2D eigenvalue weighted by molar-refractivity contribution is 7.92. The molecule has 0 amide bonds. The van der Waals surface area contributed by atoms with Crippen LogP contribution in [0.1, 0.15) is 22.5 Å². The van der Waals surface area contributed by atoms with Gasteiger partial charge in [-0.1, -0.05) is 6.07 Å². The maximum Gasteiger partial charge on any atom is 0.232 e. The van der Waals surface area contributed by atoms with E-state index < -0.39 is 86.0 Å². The number of carbonyl (C=O) groups is 1. The molecule has 4 N–H and O–H groups in total. The lowest BCUT2D eigenvalue weighted by Crippen LogP contribution is -2.17. The number of H-pyrrole nitrogens is 1. The van der Waals surface area contributed by atoms with Crippen molar-refractivity contribution in [3.05, 3.63) is 95.1 Å². The van der Waals surface area contributed by atoms with Crippen LogP contribution in [0.3, 0.4) is 0 Å². The number of alkyl halides is 1. The molecule has 16 heteroatoms. The smallest absolute Gasteiger partial charge is 0.232 e. The number of benzene rings is 3. The van der Waals surface area contributed by atoms with Crippen LogP contribution < -0.4 is 15.2 Å². The van der Waals surface area contributed by atoms with Crippen molar-refractivity contribution in [1.29, 1.82) is 0 Å². The summed E-state index contributed by atoms with van der Waals surface area (Å²) in [5.74, 6) is -9.03. The molecule has 0 spiro atoms. The molecule has 0 fully saturated rings. The Balaban J connectivity index is 1.42. The van der Waals surface area contributed by atoms with Crippen molar-refractivity contribution in [2.24, 2.45) is 0 Å². The maximum atomic E-state index is 15.0. The summed E-state index contributed by atoms with van der Waals surface area (Å²) >= 11 is 0. The lowest BCUT2D eigenvalue weighted by atomic mass is 10.1. The Morgan fingerprint density at radius 3 is 2.42 bits per heavy atom. The van der Waals surface area contributed by atoms with Gasteiger partial charge in [-0.05, 0) is 36.8 Å².